The molecule has 3 heteroatoms. The second-order valence-corrected chi connectivity index (χ2v) is 5.33. The van der Waals surface area contributed by atoms with Gasteiger partial charge in [0.05, 0.1) is 11.5 Å². The zero-order valence-electron chi connectivity index (χ0n) is 13.7. The van der Waals surface area contributed by atoms with E-state index in [4.69, 9.17) is 0 Å². The first-order valence-electron chi connectivity index (χ1n) is 7.81. The van der Waals surface area contributed by atoms with E-state index in [0.717, 1.165) is 6.42 Å². The number of hydrogen-bond acceptors (Lipinski definition) is 2. The number of amides is 1. The number of carbonyl (C=O) groups is 1. The Morgan fingerprint density at radius 1 is 1.30 bits per heavy atom. The molecule has 1 rings (SSSR count). The standard InChI is InChI=1S/C15H25NO2.C2H6/c1-4-5-6-7-8-13(2)14(17)16-11-9-15(3,18)10-12-16;1-2/h5-8,13,18H,4,9-12H2,1-3H3;1-2H3/b6-5-,8-7-;. The number of hydrogen-bond donors (Lipinski definition) is 1. The first-order valence-corrected chi connectivity index (χ1v) is 7.81. The monoisotopic (exact) mass is 281 g/mol. The van der Waals surface area contributed by atoms with Crippen LogP contribution in [0.3, 0.4) is 0 Å². The van der Waals surface area contributed by atoms with Crippen LogP contribution in [0, 0.1) is 5.92 Å². The van der Waals surface area contributed by atoms with Gasteiger partial charge in [0.1, 0.15) is 0 Å². The molecule has 1 fully saturated rings. The van der Waals surface area contributed by atoms with E-state index in [1.807, 2.05) is 50.8 Å². The molecule has 1 amide bonds. The fraction of sp³-hybridized carbons (Fsp3) is 0.706. The van der Waals surface area contributed by atoms with E-state index < -0.39 is 5.60 Å². The highest BCUT2D eigenvalue weighted by atomic mass is 16.3. The van der Waals surface area contributed by atoms with E-state index in [9.17, 15) is 9.90 Å². The Bertz CT molecular complexity index is 322. The van der Waals surface area contributed by atoms with Crippen molar-refractivity contribution in [3.63, 3.8) is 0 Å². The van der Waals surface area contributed by atoms with Crippen LogP contribution in [0.5, 0.6) is 0 Å². The highest BCUT2D eigenvalue weighted by Gasteiger charge is 2.30. The first kappa shape index (κ1) is 18.9. The largest absolute Gasteiger partial charge is 0.390 e. The van der Waals surface area contributed by atoms with Crippen LogP contribution in [0.25, 0.3) is 0 Å². The predicted molar refractivity (Wildman–Crippen MR) is 85.5 cm³/mol. The molecule has 0 aliphatic carbocycles. The van der Waals surface area contributed by atoms with Gasteiger partial charge in [0.15, 0.2) is 0 Å². The van der Waals surface area contributed by atoms with E-state index in [-0.39, 0.29) is 11.8 Å². The molecular weight excluding hydrogens is 250 g/mol. The van der Waals surface area contributed by atoms with E-state index in [1.165, 1.54) is 0 Å². The third-order valence-electron chi connectivity index (χ3n) is 3.42. The van der Waals surface area contributed by atoms with Crippen LogP contribution in [-0.2, 0) is 4.79 Å². The van der Waals surface area contributed by atoms with Crippen LogP contribution in [0.1, 0.15) is 53.9 Å². The van der Waals surface area contributed by atoms with Crippen molar-refractivity contribution in [1.82, 2.24) is 4.90 Å². The Hall–Kier alpha value is -1.09. The van der Waals surface area contributed by atoms with Gasteiger partial charge in [-0.15, -0.1) is 0 Å². The second kappa shape index (κ2) is 9.76. The number of piperidine rings is 1. The summed E-state index contributed by atoms with van der Waals surface area (Å²) in [5.74, 6) is 0.0706. The third kappa shape index (κ3) is 6.90. The summed E-state index contributed by atoms with van der Waals surface area (Å²) in [6, 6.07) is 0. The summed E-state index contributed by atoms with van der Waals surface area (Å²) >= 11 is 0. The normalized spacial score (nSPS) is 19.8. The van der Waals surface area contributed by atoms with E-state index >= 15 is 0 Å². The van der Waals surface area contributed by atoms with Gasteiger partial charge in [-0.2, -0.15) is 0 Å². The lowest BCUT2D eigenvalue weighted by molar-refractivity contribution is -0.137. The number of nitrogens with zero attached hydrogens (tertiary/aromatic N) is 1. The van der Waals surface area contributed by atoms with E-state index in [2.05, 4.69) is 13.0 Å². The molecule has 3 nitrogen and oxygen atoms in total. The molecule has 0 aromatic carbocycles. The molecule has 20 heavy (non-hydrogen) atoms. The zero-order valence-corrected chi connectivity index (χ0v) is 13.7. The van der Waals surface area contributed by atoms with Crippen LogP contribution < -0.4 is 0 Å². The van der Waals surface area contributed by atoms with Gasteiger partial charge >= 0.3 is 0 Å². The minimum atomic E-state index is -0.597. The molecule has 1 unspecified atom stereocenters. The lowest BCUT2D eigenvalue weighted by Gasteiger charge is -2.36. The van der Waals surface area contributed by atoms with Crippen LogP contribution in [0.15, 0.2) is 24.3 Å². The molecule has 0 aromatic heterocycles. The SMILES string of the molecule is CC.CC/C=C\C=C/C(C)C(=O)N1CCC(C)(O)CC1. The van der Waals surface area contributed by atoms with Crippen molar-refractivity contribution in [2.24, 2.45) is 5.92 Å². The highest BCUT2D eigenvalue weighted by molar-refractivity contribution is 5.80. The number of allylic oxidation sites excluding steroid dienone is 3. The van der Waals surface area contributed by atoms with Crippen molar-refractivity contribution in [2.75, 3.05) is 13.1 Å². The Balaban J connectivity index is 0.00000172. The average Bonchev–Trinajstić information content (AvgIpc) is 2.45. The Kier molecular flexibility index (Phi) is 9.23. The number of carbonyl (C=O) groups excluding carboxylic acids is 1. The van der Waals surface area contributed by atoms with E-state index in [0.29, 0.717) is 25.9 Å². The molecule has 0 spiro atoms. The van der Waals surface area contributed by atoms with Crippen LogP contribution >= 0.6 is 0 Å². The minimum absolute atomic E-state index is 0.0884. The molecule has 1 heterocycles. The summed E-state index contributed by atoms with van der Waals surface area (Å²) in [4.78, 5) is 14.0. The molecule has 1 aliphatic heterocycles. The minimum Gasteiger partial charge on any atom is -0.390 e. The van der Waals surface area contributed by atoms with Crippen molar-refractivity contribution < 1.29 is 9.90 Å². The van der Waals surface area contributed by atoms with Crippen LogP contribution in [0.2, 0.25) is 0 Å². The van der Waals surface area contributed by atoms with Gasteiger partial charge in [-0.3, -0.25) is 4.79 Å². The van der Waals surface area contributed by atoms with Gasteiger partial charge in [0.2, 0.25) is 5.91 Å². The maximum absolute atomic E-state index is 12.1. The first-order chi connectivity index (χ1) is 9.46. The number of aliphatic hydroxyl groups is 1. The second-order valence-electron chi connectivity index (χ2n) is 5.33. The van der Waals surface area contributed by atoms with Crippen molar-refractivity contribution in [1.29, 1.82) is 0 Å². The van der Waals surface area contributed by atoms with Crippen LogP contribution in [0.4, 0.5) is 0 Å². The summed E-state index contributed by atoms with van der Waals surface area (Å²) in [7, 11) is 0. The molecule has 1 saturated heterocycles. The molecule has 116 valence electrons. The molecule has 1 atom stereocenters. The van der Waals surface area contributed by atoms with Crippen molar-refractivity contribution in [3.05, 3.63) is 24.3 Å². The van der Waals surface area contributed by atoms with Crippen molar-refractivity contribution >= 4 is 5.91 Å². The topological polar surface area (TPSA) is 40.5 Å². The Morgan fingerprint density at radius 2 is 1.85 bits per heavy atom. The quantitative estimate of drug-likeness (QED) is 0.801. The number of rotatable bonds is 4. The predicted octanol–water partition coefficient (Wildman–Crippen LogP) is 3.54. The maximum Gasteiger partial charge on any atom is 0.229 e. The fourth-order valence-electron chi connectivity index (χ4n) is 2.02. The smallest absolute Gasteiger partial charge is 0.229 e. The van der Waals surface area contributed by atoms with Gasteiger partial charge < -0.3 is 10.0 Å². The lowest BCUT2D eigenvalue weighted by atomic mass is 9.93. The van der Waals surface area contributed by atoms with Crippen molar-refractivity contribution in [3.8, 4) is 0 Å². The zero-order chi connectivity index (χ0) is 15.6. The third-order valence-corrected chi connectivity index (χ3v) is 3.42. The average molecular weight is 281 g/mol. The number of likely N-dealkylation sites (tertiary alicyclic amines) is 1. The molecule has 0 bridgehead atoms. The molecule has 0 aromatic rings. The summed E-state index contributed by atoms with van der Waals surface area (Å²) in [5, 5.41) is 9.85. The Labute approximate surface area is 124 Å². The fourth-order valence-corrected chi connectivity index (χ4v) is 2.02. The van der Waals surface area contributed by atoms with Gasteiger partial charge in [0.25, 0.3) is 0 Å². The van der Waals surface area contributed by atoms with E-state index in [1.54, 1.807) is 0 Å². The summed E-state index contributed by atoms with van der Waals surface area (Å²) in [6.07, 6.45) is 10.3. The molecular formula is C17H31NO2. The maximum atomic E-state index is 12.1. The molecule has 0 saturated carbocycles. The van der Waals surface area contributed by atoms with Gasteiger partial charge in [-0.1, -0.05) is 52.0 Å². The summed E-state index contributed by atoms with van der Waals surface area (Å²) < 4.78 is 0. The van der Waals surface area contributed by atoms with Crippen LogP contribution in [-0.4, -0.2) is 34.6 Å². The lowest BCUT2D eigenvalue weighted by Crippen LogP contribution is -2.46. The molecule has 1 N–H and O–H groups in total. The van der Waals surface area contributed by atoms with Gasteiger partial charge in [0, 0.05) is 13.1 Å². The highest BCUT2D eigenvalue weighted by Crippen LogP contribution is 2.22. The summed E-state index contributed by atoms with van der Waals surface area (Å²) in [6.45, 7) is 11.2. The molecule has 1 aliphatic rings. The Morgan fingerprint density at radius 3 is 2.35 bits per heavy atom. The van der Waals surface area contributed by atoms with Gasteiger partial charge in [-0.05, 0) is 26.2 Å². The van der Waals surface area contributed by atoms with Gasteiger partial charge in [-0.25, -0.2) is 0 Å². The molecule has 0 radical (unpaired) electrons. The van der Waals surface area contributed by atoms with Crippen molar-refractivity contribution in [2.45, 2.75) is 59.5 Å². The summed E-state index contributed by atoms with van der Waals surface area (Å²) in [5.41, 5.74) is -0.597.